The number of esters is 2. The topological polar surface area (TPSA) is 65.1 Å². The average Bonchev–Trinajstić information content (AvgIpc) is 2.76. The second-order valence-electron chi connectivity index (χ2n) is 2.62. The Balaban J connectivity index is 2.59. The van der Waals surface area contributed by atoms with Gasteiger partial charge < -0.3 is 14.2 Å². The Morgan fingerprint density at radius 2 is 1.92 bits per heavy atom. The van der Waals surface area contributed by atoms with E-state index in [9.17, 15) is 9.59 Å². The summed E-state index contributed by atoms with van der Waals surface area (Å²) >= 11 is 0. The normalized spacial score (nSPS) is 32.4. The minimum absolute atomic E-state index is 0.553. The highest BCUT2D eigenvalue weighted by molar-refractivity contribution is 5.93. The predicted molar refractivity (Wildman–Crippen MR) is 37.3 cm³/mol. The number of hydrogen-bond donors (Lipinski definition) is 0. The number of ether oxygens (including phenoxy) is 3. The first kappa shape index (κ1) is 8.99. The highest BCUT2D eigenvalue weighted by Crippen LogP contribution is 2.37. The van der Waals surface area contributed by atoms with Crippen molar-refractivity contribution in [3.8, 4) is 0 Å². The fourth-order valence-electron chi connectivity index (χ4n) is 0.949. The molecule has 12 heavy (non-hydrogen) atoms. The van der Waals surface area contributed by atoms with Crippen molar-refractivity contribution in [2.45, 2.75) is 18.6 Å². The van der Waals surface area contributed by atoms with Crippen molar-refractivity contribution in [3.05, 3.63) is 0 Å². The van der Waals surface area contributed by atoms with Gasteiger partial charge in [0.2, 0.25) is 0 Å². The number of epoxide rings is 1. The molecule has 0 bridgehead atoms. The van der Waals surface area contributed by atoms with Crippen LogP contribution in [0.4, 0.5) is 0 Å². The lowest BCUT2D eigenvalue weighted by Crippen LogP contribution is -2.28. The zero-order chi connectivity index (χ0) is 9.35. The lowest BCUT2D eigenvalue weighted by molar-refractivity contribution is -0.147. The van der Waals surface area contributed by atoms with Crippen LogP contribution in [0.5, 0.6) is 0 Å². The number of rotatable bonds is 2. The molecular weight excluding hydrogens is 164 g/mol. The molecule has 0 spiro atoms. The highest BCUT2D eigenvalue weighted by atomic mass is 16.7. The molecular formula is C7H10O5. The molecule has 0 unspecified atom stereocenters. The first-order valence-corrected chi connectivity index (χ1v) is 3.40. The van der Waals surface area contributed by atoms with E-state index in [-0.39, 0.29) is 0 Å². The quantitative estimate of drug-likeness (QED) is 0.416. The third kappa shape index (κ3) is 1.16. The van der Waals surface area contributed by atoms with Crippen LogP contribution in [0, 0.1) is 0 Å². The molecule has 5 heteroatoms. The lowest BCUT2D eigenvalue weighted by atomic mass is 10.1. The summed E-state index contributed by atoms with van der Waals surface area (Å²) in [5, 5.41) is 0. The van der Waals surface area contributed by atoms with Gasteiger partial charge in [0.05, 0.1) is 14.2 Å². The van der Waals surface area contributed by atoms with Crippen molar-refractivity contribution in [3.63, 3.8) is 0 Å². The SMILES string of the molecule is COC(=O)[C@H]1O[C@@]1(C)C(=O)OC. The molecule has 0 aromatic rings. The van der Waals surface area contributed by atoms with E-state index >= 15 is 0 Å². The van der Waals surface area contributed by atoms with Gasteiger partial charge in [-0.2, -0.15) is 0 Å². The third-order valence-electron chi connectivity index (χ3n) is 1.81. The van der Waals surface area contributed by atoms with Crippen molar-refractivity contribution in [1.82, 2.24) is 0 Å². The standard InChI is InChI=1S/C7H10O5/c1-7(6(9)11-3)4(12-7)5(8)10-2/h4H,1-3H3/t4-,7-/m1/s1. The van der Waals surface area contributed by atoms with Crippen molar-refractivity contribution >= 4 is 11.9 Å². The molecule has 0 radical (unpaired) electrons. The summed E-state index contributed by atoms with van der Waals surface area (Å²) in [6, 6.07) is 0. The van der Waals surface area contributed by atoms with E-state index in [1.807, 2.05) is 0 Å². The van der Waals surface area contributed by atoms with Gasteiger partial charge in [-0.1, -0.05) is 0 Å². The van der Waals surface area contributed by atoms with Crippen molar-refractivity contribution in [1.29, 1.82) is 0 Å². The molecule has 0 N–H and O–H groups in total. The van der Waals surface area contributed by atoms with E-state index in [0.717, 1.165) is 0 Å². The van der Waals surface area contributed by atoms with Gasteiger partial charge in [0.15, 0.2) is 11.7 Å². The molecule has 0 saturated carbocycles. The van der Waals surface area contributed by atoms with Gasteiger partial charge in [-0.05, 0) is 6.92 Å². The zero-order valence-electron chi connectivity index (χ0n) is 7.12. The monoisotopic (exact) mass is 174 g/mol. The molecule has 2 atom stereocenters. The molecule has 0 aliphatic carbocycles. The summed E-state index contributed by atoms with van der Waals surface area (Å²) in [5.41, 5.74) is -1.14. The molecule has 1 fully saturated rings. The zero-order valence-corrected chi connectivity index (χ0v) is 7.12. The van der Waals surface area contributed by atoms with Gasteiger partial charge >= 0.3 is 11.9 Å². The minimum atomic E-state index is -1.14. The highest BCUT2D eigenvalue weighted by Gasteiger charge is 2.64. The average molecular weight is 174 g/mol. The first-order chi connectivity index (χ1) is 5.56. The van der Waals surface area contributed by atoms with Crippen LogP contribution < -0.4 is 0 Å². The van der Waals surface area contributed by atoms with E-state index in [0.29, 0.717) is 0 Å². The van der Waals surface area contributed by atoms with Gasteiger partial charge in [-0.3, -0.25) is 0 Å². The van der Waals surface area contributed by atoms with E-state index in [4.69, 9.17) is 4.74 Å². The summed E-state index contributed by atoms with van der Waals surface area (Å²) in [5.74, 6) is -1.11. The van der Waals surface area contributed by atoms with Gasteiger partial charge in [0.25, 0.3) is 0 Å². The fraction of sp³-hybridized carbons (Fsp3) is 0.714. The summed E-state index contributed by atoms with van der Waals surface area (Å²) < 4.78 is 13.7. The second kappa shape index (κ2) is 2.75. The Morgan fingerprint density at radius 1 is 1.33 bits per heavy atom. The number of carbonyl (C=O) groups excluding carboxylic acids is 2. The van der Waals surface area contributed by atoms with E-state index < -0.39 is 23.6 Å². The Labute approximate surface area is 69.6 Å². The molecule has 0 aromatic heterocycles. The number of hydrogen-bond acceptors (Lipinski definition) is 5. The maximum absolute atomic E-state index is 11.0. The van der Waals surface area contributed by atoms with Gasteiger partial charge in [-0.25, -0.2) is 9.59 Å². The molecule has 1 rings (SSSR count). The van der Waals surface area contributed by atoms with Crippen LogP contribution in [-0.4, -0.2) is 37.9 Å². The van der Waals surface area contributed by atoms with Crippen LogP contribution in [0.25, 0.3) is 0 Å². The van der Waals surface area contributed by atoms with Crippen LogP contribution in [0.3, 0.4) is 0 Å². The maximum atomic E-state index is 11.0. The van der Waals surface area contributed by atoms with Crippen LogP contribution in [0.15, 0.2) is 0 Å². The maximum Gasteiger partial charge on any atom is 0.341 e. The van der Waals surface area contributed by atoms with Crippen LogP contribution in [-0.2, 0) is 23.8 Å². The van der Waals surface area contributed by atoms with Crippen LogP contribution >= 0.6 is 0 Å². The van der Waals surface area contributed by atoms with Crippen LogP contribution in [0.1, 0.15) is 6.92 Å². The van der Waals surface area contributed by atoms with E-state index in [1.54, 1.807) is 0 Å². The molecule has 1 heterocycles. The van der Waals surface area contributed by atoms with Crippen LogP contribution in [0.2, 0.25) is 0 Å². The largest absolute Gasteiger partial charge is 0.467 e. The Hall–Kier alpha value is -1.10. The van der Waals surface area contributed by atoms with E-state index in [1.165, 1.54) is 21.1 Å². The van der Waals surface area contributed by atoms with Crippen molar-refractivity contribution in [2.24, 2.45) is 0 Å². The molecule has 1 saturated heterocycles. The van der Waals surface area contributed by atoms with E-state index in [2.05, 4.69) is 9.47 Å². The molecule has 68 valence electrons. The molecule has 0 aromatic carbocycles. The molecule has 5 nitrogen and oxygen atoms in total. The predicted octanol–water partition coefficient (Wildman–Crippen LogP) is -0.510. The first-order valence-electron chi connectivity index (χ1n) is 3.40. The fourth-order valence-corrected chi connectivity index (χ4v) is 0.949. The number of carbonyl (C=O) groups is 2. The molecule has 0 amide bonds. The smallest absolute Gasteiger partial charge is 0.341 e. The van der Waals surface area contributed by atoms with Gasteiger partial charge in [0.1, 0.15) is 0 Å². The Bertz CT molecular complexity index is 224. The lowest BCUT2D eigenvalue weighted by Gasteiger charge is -2.01. The third-order valence-corrected chi connectivity index (χ3v) is 1.81. The minimum Gasteiger partial charge on any atom is -0.467 e. The van der Waals surface area contributed by atoms with Gasteiger partial charge in [-0.15, -0.1) is 0 Å². The molecule has 1 aliphatic rings. The van der Waals surface area contributed by atoms with Crippen molar-refractivity contribution < 1.29 is 23.8 Å². The summed E-state index contributed by atoms with van der Waals surface area (Å²) in [6.45, 7) is 1.49. The van der Waals surface area contributed by atoms with Crippen molar-refractivity contribution in [2.75, 3.05) is 14.2 Å². The second-order valence-corrected chi connectivity index (χ2v) is 2.62. The summed E-state index contributed by atoms with van der Waals surface area (Å²) in [7, 11) is 2.48. The van der Waals surface area contributed by atoms with Gasteiger partial charge in [0, 0.05) is 0 Å². The number of methoxy groups -OCH3 is 2. The Kier molecular flexibility index (Phi) is 2.06. The summed E-state index contributed by atoms with van der Waals surface area (Å²) in [4.78, 5) is 21.8. The summed E-state index contributed by atoms with van der Waals surface area (Å²) in [6.07, 6.45) is -0.810. The molecule has 1 aliphatic heterocycles. The Morgan fingerprint density at radius 3 is 2.33 bits per heavy atom.